The minimum absolute atomic E-state index is 0.00649. The molecule has 7 aliphatic rings. The van der Waals surface area contributed by atoms with Crippen molar-refractivity contribution in [1.82, 2.24) is 10.3 Å². The molecule has 5 aliphatic carbocycles. The zero-order chi connectivity index (χ0) is 59.5. The molecular weight excluding hydrogens is 1150 g/mol. The summed E-state index contributed by atoms with van der Waals surface area (Å²) in [5.41, 5.74) is 6.75. The van der Waals surface area contributed by atoms with Crippen LogP contribution in [0.3, 0.4) is 0 Å². The lowest BCUT2D eigenvalue weighted by Gasteiger charge is -2.53. The molecule has 1 spiro atoms. The van der Waals surface area contributed by atoms with Crippen molar-refractivity contribution in [2.24, 2.45) is 35.0 Å². The Balaban J connectivity index is 1.01. The van der Waals surface area contributed by atoms with Gasteiger partial charge in [-0.15, -0.1) is 0 Å². The van der Waals surface area contributed by atoms with Gasteiger partial charge in [0.25, 0.3) is 0 Å². The van der Waals surface area contributed by atoms with Crippen LogP contribution in [0, 0.1) is 35.0 Å². The highest BCUT2D eigenvalue weighted by Crippen LogP contribution is 2.60. The van der Waals surface area contributed by atoms with Crippen LogP contribution in [0.2, 0.25) is 0 Å². The molecule has 6 aromatic rings. The Morgan fingerprint density at radius 3 is 2.44 bits per heavy atom. The Kier molecular flexibility index (Phi) is 17.5. The number of hydrogen-bond donors (Lipinski definition) is 8. The lowest BCUT2D eigenvalue weighted by molar-refractivity contribution is -0.150. The van der Waals surface area contributed by atoms with E-state index < -0.39 is 46.8 Å². The van der Waals surface area contributed by atoms with E-state index in [1.807, 2.05) is 66.6 Å². The van der Waals surface area contributed by atoms with Crippen molar-refractivity contribution in [1.29, 1.82) is 0 Å². The predicted molar refractivity (Wildman–Crippen MR) is 351 cm³/mol. The summed E-state index contributed by atoms with van der Waals surface area (Å²) in [6, 6.07) is 25.7. The van der Waals surface area contributed by atoms with E-state index in [1.165, 1.54) is 25.7 Å². The van der Waals surface area contributed by atoms with Crippen molar-refractivity contribution < 1.29 is 44.9 Å². The number of H-pyrrole nitrogens is 1. The fourth-order valence-electron chi connectivity index (χ4n) is 17.7. The molecule has 4 saturated carbocycles. The molecule has 15 heteroatoms. The van der Waals surface area contributed by atoms with Crippen LogP contribution in [0.1, 0.15) is 151 Å². The molecule has 0 radical (unpaired) electrons. The van der Waals surface area contributed by atoms with Gasteiger partial charge in [0.15, 0.2) is 28.8 Å². The molecule has 13 rings (SSSR count). The lowest BCUT2D eigenvalue weighted by Crippen LogP contribution is -2.62. The fraction of sp³-hybridized carbons (Fsp3) is 0.507. The molecule has 2 aliphatic heterocycles. The number of carbonyl (C=O) groups excluding carboxylic acids is 1. The summed E-state index contributed by atoms with van der Waals surface area (Å²) in [5, 5.41) is 81.4. The zero-order valence-corrected chi connectivity index (χ0v) is 53.0. The Bertz CT molecular complexity index is 3500. The topological polar surface area (TPSA) is 185 Å². The van der Waals surface area contributed by atoms with Crippen LogP contribution in [0.5, 0.6) is 28.7 Å². The maximum atomic E-state index is 17.8. The van der Waals surface area contributed by atoms with Gasteiger partial charge < -0.3 is 50.4 Å². The molecule has 0 amide bonds. The maximum Gasteiger partial charge on any atom is 0.164 e. The van der Waals surface area contributed by atoms with E-state index in [0.29, 0.717) is 58.8 Å². The van der Waals surface area contributed by atoms with E-state index in [4.69, 9.17) is 9.47 Å². The molecule has 456 valence electrons. The summed E-state index contributed by atoms with van der Waals surface area (Å²) in [4.78, 5) is 21.1. The number of rotatable bonds is 8. The van der Waals surface area contributed by atoms with E-state index in [1.54, 1.807) is 57.7 Å². The zero-order valence-electron chi connectivity index (χ0n) is 49.8. The van der Waals surface area contributed by atoms with Crippen LogP contribution in [0.4, 0.5) is 0 Å². The Morgan fingerprint density at radius 2 is 1.65 bits per heavy atom. The number of aromatic amines is 1. The van der Waals surface area contributed by atoms with Gasteiger partial charge >= 0.3 is 0 Å². The number of aliphatic hydroxyl groups excluding tert-OH is 3. The molecule has 1 aromatic heterocycles. The van der Waals surface area contributed by atoms with Crippen molar-refractivity contribution in [2.45, 2.75) is 150 Å². The number of carbonyl (C=O) groups is 1. The first-order valence-electron chi connectivity index (χ1n) is 31.6. The van der Waals surface area contributed by atoms with Crippen LogP contribution in [-0.4, -0.2) is 97.7 Å². The fourth-order valence-corrected chi connectivity index (χ4v) is 23.3. The van der Waals surface area contributed by atoms with Gasteiger partial charge in [0.2, 0.25) is 0 Å². The molecule has 5 aromatic carbocycles. The van der Waals surface area contributed by atoms with E-state index in [-0.39, 0.29) is 59.2 Å². The number of aliphatic hydroxyl groups is 3. The van der Waals surface area contributed by atoms with Crippen LogP contribution in [0.25, 0.3) is 16.8 Å². The number of aromatic hydroxyl groups is 3. The quantitative estimate of drug-likeness (QED) is 0.0673. The summed E-state index contributed by atoms with van der Waals surface area (Å²) in [6.07, 6.45) is 19.4. The number of fused-ring (bicyclic) bond motifs is 8. The normalized spacial score (nSPS) is 31.0. The lowest BCUT2D eigenvalue weighted by atomic mass is 9.52. The molecule has 8 N–H and O–H groups in total. The van der Waals surface area contributed by atoms with Gasteiger partial charge in [-0.1, -0.05) is 136 Å². The molecule has 86 heavy (non-hydrogen) atoms. The minimum atomic E-state index is -1.75. The summed E-state index contributed by atoms with van der Waals surface area (Å²) < 4.78 is 13.2. The van der Waals surface area contributed by atoms with Crippen LogP contribution in [0.15, 0.2) is 97.3 Å². The maximum absolute atomic E-state index is 17.8. The molecule has 3 heterocycles. The highest BCUT2D eigenvalue weighted by Gasteiger charge is 2.62. The highest BCUT2D eigenvalue weighted by molar-refractivity contribution is 8.77. The van der Waals surface area contributed by atoms with Crippen molar-refractivity contribution in [3.63, 3.8) is 0 Å². The third-order valence-electron chi connectivity index (χ3n) is 22.0. The molecule has 12 unspecified atom stereocenters. The number of Topliss-reactive ketones (excluding diaryl/α,β-unsaturated/α-hetero) is 1. The highest BCUT2D eigenvalue weighted by atomic mass is 33.1. The number of nitrogens with one attached hydrogen (secondary N) is 2. The van der Waals surface area contributed by atoms with Crippen molar-refractivity contribution >= 4 is 65.8 Å². The summed E-state index contributed by atoms with van der Waals surface area (Å²) in [6.45, 7) is 2.00. The van der Waals surface area contributed by atoms with Gasteiger partial charge in [0, 0.05) is 65.0 Å². The predicted octanol–water partition coefficient (Wildman–Crippen LogP) is 14.1. The number of aryl methyl sites for hydroxylation is 1. The van der Waals surface area contributed by atoms with Gasteiger partial charge in [-0.3, -0.25) is 4.79 Å². The third-order valence-corrected chi connectivity index (χ3v) is 27.4. The van der Waals surface area contributed by atoms with Crippen LogP contribution in [-0.2, 0) is 41.4 Å². The Hall–Kier alpha value is -4.71. The monoisotopic (exact) mass is 1240 g/mol. The van der Waals surface area contributed by atoms with Gasteiger partial charge in [-0.05, 0) is 186 Å². The second-order valence-electron chi connectivity index (χ2n) is 26.2. The number of ether oxygens (including phenoxy) is 2. The van der Waals surface area contributed by atoms with E-state index in [2.05, 4.69) is 53.6 Å². The molecule has 11 nitrogen and oxygen atoms in total. The molecule has 0 saturated heterocycles. The van der Waals surface area contributed by atoms with Crippen molar-refractivity contribution in [2.75, 3.05) is 38.0 Å². The minimum Gasteiger partial charge on any atom is -0.507 e. The Morgan fingerprint density at radius 1 is 0.837 bits per heavy atom. The first kappa shape index (κ1) is 60.2. The molecule has 2 bridgehead atoms. The molecular formula is C71H84N2O9S4. The average Bonchev–Trinajstić information content (AvgIpc) is 0.836. The smallest absolute Gasteiger partial charge is 0.164 e. The standard InChI is InChI=1S/C71H84N2O9S4/c1-4-42-13-14-43-10-9-12-52-62(37-74)86-85-38-47-31-63(78)71(50-32-55-51(59(77)33-50)18-17-49-11-5-6-25-70(49,55)72-2,56-40-84-83-39-48-35-69(23-7-8-24-69)26-21-60(48)82-61-30-45(56)16-19-57(61)75)68(80)65(47)66(79)46(28-41-22-27-73-36-41)29-44-15-20-58(76)67(81-3)54(44)34-53(42)64(43)52/h9-10,12-20,22,27,30,32-33,36,46-49,56,60,62-63,65-66,72-79H,4-8,11,21,23-26,28-29,31,34-35,37-40H2,1-3H3. The summed E-state index contributed by atoms with van der Waals surface area (Å²) in [5.74, 6) is -0.343. The summed E-state index contributed by atoms with van der Waals surface area (Å²) in [7, 11) is 10.3. The second kappa shape index (κ2) is 24.9. The van der Waals surface area contributed by atoms with Gasteiger partial charge in [-0.2, -0.15) is 0 Å². The van der Waals surface area contributed by atoms with Crippen molar-refractivity contribution in [3.8, 4) is 28.7 Å². The molecule has 12 atom stereocenters. The number of benzene rings is 5. The summed E-state index contributed by atoms with van der Waals surface area (Å²) >= 11 is 0. The number of phenols is 3. The van der Waals surface area contributed by atoms with E-state index >= 15 is 4.79 Å². The Labute approximate surface area is 522 Å². The van der Waals surface area contributed by atoms with Gasteiger partial charge in [0.1, 0.15) is 11.9 Å². The van der Waals surface area contributed by atoms with Gasteiger partial charge in [0.05, 0.1) is 42.1 Å². The number of aromatic nitrogens is 1. The van der Waals surface area contributed by atoms with Crippen molar-refractivity contribution in [3.05, 3.63) is 153 Å². The number of methoxy groups -OCH3 is 1. The third kappa shape index (κ3) is 10.6. The SMILES string of the molecule is CCc1ccc2cccc3c2c1Cc1c(ccc(O)c1OC)CC(Cc1cc[nH]c1)C(O)C1C(=O)C(c2cc(O)c4c(c2)C2(NC)CCCCC2C=C4)(C2CSSCC4CC5(CCCC5)CCC4Oc4cc2ccc4O)C(O)CC1CSSC3CO. The van der Waals surface area contributed by atoms with Crippen LogP contribution >= 0.6 is 43.2 Å². The first-order valence-corrected chi connectivity index (χ1v) is 36.5. The van der Waals surface area contributed by atoms with E-state index in [9.17, 15) is 30.6 Å². The largest absolute Gasteiger partial charge is 0.507 e. The van der Waals surface area contributed by atoms with Crippen LogP contribution < -0.4 is 14.8 Å². The van der Waals surface area contributed by atoms with E-state index in [0.717, 1.165) is 112 Å². The first-order chi connectivity index (χ1) is 41.8. The number of ketones is 1. The van der Waals surface area contributed by atoms with Gasteiger partial charge in [-0.25, -0.2) is 0 Å². The molecule has 4 fully saturated rings. The number of phenolic OH excluding ortho intramolecular Hbond substituents is 3. The number of hydrogen-bond acceptors (Lipinski definition) is 14. The average molecular weight is 1240 g/mol. The second-order valence-corrected chi connectivity index (χ2v) is 31.4.